The summed E-state index contributed by atoms with van der Waals surface area (Å²) in [7, 11) is 0. The third-order valence-electron chi connectivity index (χ3n) is 3.62. The van der Waals surface area contributed by atoms with E-state index in [-0.39, 0.29) is 11.9 Å². The van der Waals surface area contributed by atoms with E-state index in [0.29, 0.717) is 6.42 Å². The quantitative estimate of drug-likeness (QED) is 0.816. The number of pyridine rings is 1. The number of hydrogen-bond donors (Lipinski definition) is 1. The summed E-state index contributed by atoms with van der Waals surface area (Å²) in [6.45, 7) is 2.50. The van der Waals surface area contributed by atoms with Gasteiger partial charge in [0.1, 0.15) is 0 Å². The first kappa shape index (κ1) is 15.3. The molecule has 1 aromatic rings. The maximum atomic E-state index is 12.4. The topological polar surface area (TPSA) is 45.2 Å². The van der Waals surface area contributed by atoms with Crippen LogP contribution in [0.4, 0.5) is 0 Å². The van der Waals surface area contributed by atoms with E-state index in [1.165, 1.54) is 0 Å². The highest BCUT2D eigenvalue weighted by molar-refractivity contribution is 7.98. The fourth-order valence-corrected chi connectivity index (χ4v) is 3.03. The highest BCUT2D eigenvalue weighted by atomic mass is 32.2. The molecule has 1 unspecified atom stereocenters. The third-order valence-corrected chi connectivity index (χ3v) is 4.32. The van der Waals surface area contributed by atoms with E-state index in [9.17, 15) is 4.79 Å². The zero-order chi connectivity index (χ0) is 14.2. The number of nitrogens with one attached hydrogen (secondary N) is 1. The number of amides is 1. The molecule has 1 fully saturated rings. The van der Waals surface area contributed by atoms with Crippen molar-refractivity contribution in [3.63, 3.8) is 0 Å². The lowest BCUT2D eigenvalue weighted by atomic mass is 10.0. The van der Waals surface area contributed by atoms with Gasteiger partial charge in [-0.05, 0) is 36.5 Å². The van der Waals surface area contributed by atoms with Gasteiger partial charge < -0.3 is 10.2 Å². The van der Waals surface area contributed by atoms with Crippen molar-refractivity contribution in [2.75, 3.05) is 31.6 Å². The molecule has 1 aliphatic rings. The molecular formula is C15H23N3OS. The molecule has 2 rings (SSSR count). The van der Waals surface area contributed by atoms with Crippen molar-refractivity contribution < 1.29 is 4.79 Å². The number of nitrogens with zero attached hydrogens (tertiary/aromatic N) is 2. The van der Waals surface area contributed by atoms with Gasteiger partial charge >= 0.3 is 0 Å². The van der Waals surface area contributed by atoms with Gasteiger partial charge in [0.2, 0.25) is 5.91 Å². The number of thioether (sulfide) groups is 1. The molecular weight excluding hydrogens is 270 g/mol. The van der Waals surface area contributed by atoms with Gasteiger partial charge in [-0.3, -0.25) is 9.78 Å². The van der Waals surface area contributed by atoms with Crippen molar-refractivity contribution >= 4 is 17.7 Å². The van der Waals surface area contributed by atoms with Crippen molar-refractivity contribution in [1.82, 2.24) is 15.2 Å². The first-order valence-corrected chi connectivity index (χ1v) is 8.61. The van der Waals surface area contributed by atoms with E-state index in [0.717, 1.165) is 43.8 Å². The van der Waals surface area contributed by atoms with Gasteiger partial charge in [-0.1, -0.05) is 6.07 Å². The molecule has 1 aromatic heterocycles. The number of aromatic nitrogens is 1. The van der Waals surface area contributed by atoms with Gasteiger partial charge in [0.15, 0.2) is 0 Å². The van der Waals surface area contributed by atoms with Gasteiger partial charge in [-0.2, -0.15) is 11.8 Å². The number of hydrogen-bond acceptors (Lipinski definition) is 4. The Morgan fingerprint density at radius 1 is 1.55 bits per heavy atom. The molecule has 0 bridgehead atoms. The molecule has 0 radical (unpaired) electrons. The van der Waals surface area contributed by atoms with E-state index in [1.807, 2.05) is 28.9 Å². The number of piperazine rings is 1. The molecule has 1 saturated heterocycles. The molecule has 0 spiro atoms. The van der Waals surface area contributed by atoms with Crippen molar-refractivity contribution in [3.05, 3.63) is 30.1 Å². The molecule has 1 atom stereocenters. The summed E-state index contributed by atoms with van der Waals surface area (Å²) < 4.78 is 0. The zero-order valence-corrected chi connectivity index (χ0v) is 12.9. The van der Waals surface area contributed by atoms with E-state index >= 15 is 0 Å². The Kier molecular flexibility index (Phi) is 6.33. The SMILES string of the molecule is CSCCCCC(=O)N1CCNCC1c1cccnc1. The summed E-state index contributed by atoms with van der Waals surface area (Å²) in [5.74, 6) is 1.42. The Hall–Kier alpha value is -1.07. The highest BCUT2D eigenvalue weighted by Crippen LogP contribution is 2.22. The average Bonchev–Trinajstić information content (AvgIpc) is 2.52. The minimum atomic E-state index is 0.130. The molecule has 20 heavy (non-hydrogen) atoms. The predicted octanol–water partition coefficient (Wildman–Crippen LogP) is 2.09. The number of carbonyl (C=O) groups is 1. The number of unbranched alkanes of at least 4 members (excludes halogenated alkanes) is 1. The Morgan fingerprint density at radius 3 is 3.20 bits per heavy atom. The summed E-state index contributed by atoms with van der Waals surface area (Å²) in [6.07, 6.45) is 8.52. The summed E-state index contributed by atoms with van der Waals surface area (Å²) in [6, 6.07) is 4.12. The van der Waals surface area contributed by atoms with Crippen LogP contribution in [0.5, 0.6) is 0 Å². The van der Waals surface area contributed by atoms with Gasteiger partial charge in [0, 0.05) is 38.4 Å². The molecule has 1 amide bonds. The highest BCUT2D eigenvalue weighted by Gasteiger charge is 2.27. The summed E-state index contributed by atoms with van der Waals surface area (Å²) in [5.41, 5.74) is 1.12. The molecule has 4 nitrogen and oxygen atoms in total. The van der Waals surface area contributed by atoms with Gasteiger partial charge in [0.25, 0.3) is 0 Å². The second-order valence-electron chi connectivity index (χ2n) is 5.04. The van der Waals surface area contributed by atoms with E-state index in [1.54, 1.807) is 6.20 Å². The normalized spacial score (nSPS) is 19.1. The Morgan fingerprint density at radius 2 is 2.45 bits per heavy atom. The fourth-order valence-electron chi connectivity index (χ4n) is 2.54. The van der Waals surface area contributed by atoms with Crippen LogP contribution < -0.4 is 5.32 Å². The standard InChI is InChI=1S/C15H23N3OS/c1-20-10-3-2-6-15(19)18-9-8-17-12-14(18)13-5-4-7-16-11-13/h4-5,7,11,14,17H,2-3,6,8-10,12H2,1H3. The van der Waals surface area contributed by atoms with Crippen LogP contribution in [0.3, 0.4) is 0 Å². The van der Waals surface area contributed by atoms with Gasteiger partial charge in [-0.15, -0.1) is 0 Å². The van der Waals surface area contributed by atoms with Crippen LogP contribution in [-0.2, 0) is 4.79 Å². The average molecular weight is 293 g/mol. The maximum Gasteiger partial charge on any atom is 0.223 e. The first-order valence-electron chi connectivity index (χ1n) is 7.22. The molecule has 2 heterocycles. The van der Waals surface area contributed by atoms with Crippen molar-refractivity contribution in [2.24, 2.45) is 0 Å². The van der Waals surface area contributed by atoms with Gasteiger partial charge in [-0.25, -0.2) is 0 Å². The van der Waals surface area contributed by atoms with Crippen LogP contribution in [0, 0.1) is 0 Å². The van der Waals surface area contributed by atoms with E-state index < -0.39 is 0 Å². The first-order chi connectivity index (χ1) is 9.83. The smallest absolute Gasteiger partial charge is 0.223 e. The van der Waals surface area contributed by atoms with Crippen molar-refractivity contribution in [2.45, 2.75) is 25.3 Å². The lowest BCUT2D eigenvalue weighted by Gasteiger charge is -2.36. The molecule has 1 N–H and O–H groups in total. The van der Waals surface area contributed by atoms with Crippen LogP contribution in [0.15, 0.2) is 24.5 Å². The summed E-state index contributed by atoms with van der Waals surface area (Å²) >= 11 is 1.84. The molecule has 110 valence electrons. The van der Waals surface area contributed by atoms with Crippen LogP contribution >= 0.6 is 11.8 Å². The largest absolute Gasteiger partial charge is 0.333 e. The van der Waals surface area contributed by atoms with Crippen molar-refractivity contribution in [3.8, 4) is 0 Å². The minimum absolute atomic E-state index is 0.130. The van der Waals surface area contributed by atoms with Crippen LogP contribution in [0.25, 0.3) is 0 Å². The molecule has 0 saturated carbocycles. The third kappa shape index (κ3) is 4.21. The predicted molar refractivity (Wildman–Crippen MR) is 83.8 cm³/mol. The molecule has 0 aromatic carbocycles. The Balaban J connectivity index is 1.94. The van der Waals surface area contributed by atoms with Crippen LogP contribution in [0.1, 0.15) is 30.9 Å². The lowest BCUT2D eigenvalue weighted by Crippen LogP contribution is -2.48. The van der Waals surface area contributed by atoms with E-state index in [4.69, 9.17) is 0 Å². The van der Waals surface area contributed by atoms with Crippen LogP contribution in [-0.4, -0.2) is 47.4 Å². The van der Waals surface area contributed by atoms with Crippen LogP contribution in [0.2, 0.25) is 0 Å². The Bertz CT molecular complexity index is 413. The zero-order valence-electron chi connectivity index (χ0n) is 12.0. The number of carbonyl (C=O) groups excluding carboxylic acids is 1. The second-order valence-corrected chi connectivity index (χ2v) is 6.03. The molecule has 5 heteroatoms. The summed E-state index contributed by atoms with van der Waals surface area (Å²) in [4.78, 5) is 18.6. The number of rotatable bonds is 6. The maximum absolute atomic E-state index is 12.4. The molecule has 1 aliphatic heterocycles. The second kappa shape index (κ2) is 8.27. The van der Waals surface area contributed by atoms with Crippen molar-refractivity contribution in [1.29, 1.82) is 0 Å². The molecule has 0 aliphatic carbocycles. The monoisotopic (exact) mass is 293 g/mol. The fraction of sp³-hybridized carbons (Fsp3) is 0.600. The lowest BCUT2D eigenvalue weighted by molar-refractivity contribution is -0.134. The van der Waals surface area contributed by atoms with Gasteiger partial charge in [0.05, 0.1) is 6.04 Å². The van der Waals surface area contributed by atoms with E-state index in [2.05, 4.69) is 22.6 Å². The summed E-state index contributed by atoms with van der Waals surface area (Å²) in [5, 5.41) is 3.37. The minimum Gasteiger partial charge on any atom is -0.333 e. The Labute approximate surface area is 125 Å².